The summed E-state index contributed by atoms with van der Waals surface area (Å²) >= 11 is 6.27. The van der Waals surface area contributed by atoms with E-state index in [0.717, 1.165) is 33.3 Å². The summed E-state index contributed by atoms with van der Waals surface area (Å²) in [5.74, 6) is 0.876. The van der Waals surface area contributed by atoms with Gasteiger partial charge in [0.05, 0.1) is 11.2 Å². The lowest BCUT2D eigenvalue weighted by Gasteiger charge is -2.23. The van der Waals surface area contributed by atoms with Crippen LogP contribution in [0.2, 0.25) is 5.02 Å². The largest absolute Gasteiger partial charge is 0.365 e. The average Bonchev–Trinajstić information content (AvgIpc) is 3.16. The van der Waals surface area contributed by atoms with Gasteiger partial charge in [-0.2, -0.15) is 5.10 Å². The zero-order chi connectivity index (χ0) is 18.2. The minimum Gasteiger partial charge on any atom is -0.365 e. The lowest BCUT2D eigenvalue weighted by Crippen LogP contribution is -2.23. The van der Waals surface area contributed by atoms with Crippen molar-refractivity contribution in [3.8, 4) is 5.69 Å². The first-order chi connectivity index (χ1) is 13.3. The molecule has 0 spiro atoms. The van der Waals surface area contributed by atoms with Gasteiger partial charge < -0.3 is 5.32 Å². The fraction of sp³-hybridized carbons (Fsp3) is 0.273. The van der Waals surface area contributed by atoms with E-state index in [1.807, 2.05) is 41.1 Å². The van der Waals surface area contributed by atoms with Crippen molar-refractivity contribution in [3.05, 3.63) is 59.8 Å². The number of para-hydroxylation sites is 1. The first-order valence-corrected chi connectivity index (χ1v) is 9.96. The Bertz CT molecular complexity index is 1100. The maximum Gasteiger partial charge on any atom is 0.155 e. The summed E-state index contributed by atoms with van der Waals surface area (Å²) < 4.78 is 1.93. The van der Waals surface area contributed by atoms with E-state index in [1.54, 1.807) is 0 Å². The van der Waals surface area contributed by atoms with Crippen molar-refractivity contribution in [2.45, 2.75) is 38.1 Å². The number of fused-ring (bicyclic) bond motifs is 3. The smallest absolute Gasteiger partial charge is 0.155 e. The van der Waals surface area contributed by atoms with Gasteiger partial charge in [0.15, 0.2) is 5.82 Å². The number of benzene rings is 2. The van der Waals surface area contributed by atoms with Crippen LogP contribution in [-0.4, -0.2) is 20.8 Å². The third-order valence-electron chi connectivity index (χ3n) is 5.39. The number of hydrogen-bond acceptors (Lipinski definition) is 3. The standard InChI is InChI=1S/C22H21ClN4/c23-15-11-12-20-18(13-15)19-14-27(17-9-5-2-6-10-17)26-21(19)22(25-20)24-16-7-3-1-4-8-16/h2,5-6,9-14,16H,1,3-4,7-8H2,(H,24,25). The first-order valence-electron chi connectivity index (χ1n) is 9.58. The molecule has 0 atom stereocenters. The van der Waals surface area contributed by atoms with Crippen LogP contribution in [0.4, 0.5) is 5.82 Å². The molecule has 27 heavy (non-hydrogen) atoms. The maximum atomic E-state index is 6.27. The maximum absolute atomic E-state index is 6.27. The molecule has 1 fully saturated rings. The van der Waals surface area contributed by atoms with Crippen molar-refractivity contribution in [2.75, 3.05) is 5.32 Å². The van der Waals surface area contributed by atoms with Gasteiger partial charge in [-0.25, -0.2) is 9.67 Å². The molecule has 2 aromatic heterocycles. The normalized spacial score (nSPS) is 15.4. The Hall–Kier alpha value is -2.59. The second-order valence-electron chi connectivity index (χ2n) is 7.27. The number of rotatable bonds is 3. The molecular formula is C22H21ClN4. The summed E-state index contributed by atoms with van der Waals surface area (Å²) in [6, 6.07) is 16.5. The van der Waals surface area contributed by atoms with E-state index in [2.05, 4.69) is 23.6 Å². The van der Waals surface area contributed by atoms with Crippen molar-refractivity contribution in [2.24, 2.45) is 0 Å². The van der Waals surface area contributed by atoms with Crippen LogP contribution < -0.4 is 5.32 Å². The predicted octanol–water partition coefficient (Wildman–Crippen LogP) is 5.97. The summed E-state index contributed by atoms with van der Waals surface area (Å²) in [6.45, 7) is 0. The highest BCUT2D eigenvalue weighted by Gasteiger charge is 2.18. The second-order valence-corrected chi connectivity index (χ2v) is 7.71. The van der Waals surface area contributed by atoms with E-state index in [-0.39, 0.29) is 0 Å². The third-order valence-corrected chi connectivity index (χ3v) is 5.62. The van der Waals surface area contributed by atoms with Gasteiger partial charge in [-0.3, -0.25) is 0 Å². The van der Waals surface area contributed by atoms with Crippen LogP contribution >= 0.6 is 11.6 Å². The van der Waals surface area contributed by atoms with Crippen LogP contribution in [0.25, 0.3) is 27.5 Å². The quantitative estimate of drug-likeness (QED) is 0.478. The predicted molar refractivity (Wildman–Crippen MR) is 112 cm³/mol. The molecule has 136 valence electrons. The molecule has 5 heteroatoms. The molecule has 0 bridgehead atoms. The van der Waals surface area contributed by atoms with Crippen LogP contribution in [0.15, 0.2) is 54.7 Å². The minimum atomic E-state index is 0.473. The Morgan fingerprint density at radius 3 is 2.59 bits per heavy atom. The van der Waals surface area contributed by atoms with Gasteiger partial charge >= 0.3 is 0 Å². The Morgan fingerprint density at radius 1 is 0.963 bits per heavy atom. The Kier molecular flexibility index (Phi) is 4.21. The third kappa shape index (κ3) is 3.15. The van der Waals surface area contributed by atoms with Crippen molar-refractivity contribution >= 4 is 39.2 Å². The van der Waals surface area contributed by atoms with E-state index in [4.69, 9.17) is 21.7 Å². The zero-order valence-corrected chi connectivity index (χ0v) is 15.8. The number of halogens is 1. The molecule has 4 nitrogen and oxygen atoms in total. The molecule has 0 saturated heterocycles. The van der Waals surface area contributed by atoms with Crippen molar-refractivity contribution in [1.29, 1.82) is 0 Å². The summed E-state index contributed by atoms with van der Waals surface area (Å²) in [5.41, 5.74) is 2.88. The molecule has 0 unspecified atom stereocenters. The molecule has 1 aliphatic rings. The fourth-order valence-corrected chi connectivity index (χ4v) is 4.17. The zero-order valence-electron chi connectivity index (χ0n) is 15.0. The molecule has 1 N–H and O–H groups in total. The van der Waals surface area contributed by atoms with E-state index < -0.39 is 0 Å². The SMILES string of the molecule is Clc1ccc2nc(NC3CCCCC3)c3nn(-c4ccccc4)cc3c2c1. The van der Waals surface area contributed by atoms with Gasteiger partial charge in [-0.1, -0.05) is 49.1 Å². The molecule has 1 aliphatic carbocycles. The van der Waals surface area contributed by atoms with E-state index >= 15 is 0 Å². The number of pyridine rings is 1. The van der Waals surface area contributed by atoms with Gasteiger partial charge in [-0.15, -0.1) is 0 Å². The lowest BCUT2D eigenvalue weighted by molar-refractivity contribution is 0.462. The number of anilines is 1. The van der Waals surface area contributed by atoms with Crippen LogP contribution in [0.5, 0.6) is 0 Å². The molecule has 0 radical (unpaired) electrons. The van der Waals surface area contributed by atoms with Crippen molar-refractivity contribution < 1.29 is 0 Å². The highest BCUT2D eigenvalue weighted by Crippen LogP contribution is 2.32. The lowest BCUT2D eigenvalue weighted by atomic mass is 9.95. The van der Waals surface area contributed by atoms with Crippen LogP contribution in [0, 0.1) is 0 Å². The van der Waals surface area contributed by atoms with E-state index in [0.29, 0.717) is 11.1 Å². The van der Waals surface area contributed by atoms with E-state index in [1.165, 1.54) is 32.1 Å². The molecule has 0 amide bonds. The Morgan fingerprint density at radius 2 is 1.78 bits per heavy atom. The highest BCUT2D eigenvalue weighted by atomic mass is 35.5. The van der Waals surface area contributed by atoms with Crippen LogP contribution in [-0.2, 0) is 0 Å². The molecule has 2 aromatic carbocycles. The first kappa shape index (κ1) is 16.6. The van der Waals surface area contributed by atoms with Gasteiger partial charge in [0, 0.05) is 28.0 Å². The number of nitrogens with one attached hydrogen (secondary N) is 1. The second kappa shape index (κ2) is 6.86. The Balaban J connectivity index is 1.69. The van der Waals surface area contributed by atoms with Crippen LogP contribution in [0.3, 0.4) is 0 Å². The molecule has 2 heterocycles. The minimum absolute atomic E-state index is 0.473. The van der Waals surface area contributed by atoms with Gasteiger partial charge in [0.1, 0.15) is 5.52 Å². The fourth-order valence-electron chi connectivity index (χ4n) is 3.99. The van der Waals surface area contributed by atoms with Gasteiger partial charge in [0.25, 0.3) is 0 Å². The molecule has 1 saturated carbocycles. The topological polar surface area (TPSA) is 42.7 Å². The summed E-state index contributed by atoms with van der Waals surface area (Å²) in [7, 11) is 0. The molecule has 5 rings (SSSR count). The van der Waals surface area contributed by atoms with E-state index in [9.17, 15) is 0 Å². The summed E-state index contributed by atoms with van der Waals surface area (Å²) in [4.78, 5) is 4.90. The summed E-state index contributed by atoms with van der Waals surface area (Å²) in [5, 5.41) is 11.4. The van der Waals surface area contributed by atoms with Crippen LogP contribution in [0.1, 0.15) is 32.1 Å². The monoisotopic (exact) mass is 376 g/mol. The summed E-state index contributed by atoms with van der Waals surface area (Å²) in [6.07, 6.45) is 8.37. The number of hydrogen-bond donors (Lipinski definition) is 1. The molecule has 0 aliphatic heterocycles. The van der Waals surface area contributed by atoms with Gasteiger partial charge in [-0.05, 0) is 43.2 Å². The van der Waals surface area contributed by atoms with Crippen molar-refractivity contribution in [3.63, 3.8) is 0 Å². The molecular weight excluding hydrogens is 356 g/mol. The average molecular weight is 377 g/mol. The highest BCUT2D eigenvalue weighted by molar-refractivity contribution is 6.31. The Labute approximate surface area is 163 Å². The van der Waals surface area contributed by atoms with Gasteiger partial charge in [0.2, 0.25) is 0 Å². The number of aromatic nitrogens is 3. The van der Waals surface area contributed by atoms with Crippen molar-refractivity contribution in [1.82, 2.24) is 14.8 Å². The number of nitrogens with zero attached hydrogens (tertiary/aromatic N) is 3. The molecule has 4 aromatic rings.